The molecule has 1 heterocycles. The Morgan fingerprint density at radius 3 is 2.31 bits per heavy atom. The van der Waals surface area contributed by atoms with Gasteiger partial charge in [0.1, 0.15) is 0 Å². The first-order valence-corrected chi connectivity index (χ1v) is 9.15. The molecule has 26 heavy (non-hydrogen) atoms. The molecule has 0 unspecified atom stereocenters. The average Bonchev–Trinajstić information content (AvgIpc) is 2.64. The van der Waals surface area contributed by atoms with Gasteiger partial charge in [0, 0.05) is 23.8 Å². The predicted molar refractivity (Wildman–Crippen MR) is 105 cm³/mol. The number of thioether (sulfide) groups is 1. The molecule has 0 saturated carbocycles. The van der Waals surface area contributed by atoms with Crippen LogP contribution in [-0.4, -0.2) is 21.2 Å². The maximum absolute atomic E-state index is 12.6. The third kappa shape index (κ3) is 4.40. The SMILES string of the molecule is Cc1ccc(NC(=O)CSc2nccn(-c3ccc(C)cc3)c2=O)cc1. The lowest BCUT2D eigenvalue weighted by Crippen LogP contribution is -2.22. The van der Waals surface area contributed by atoms with Gasteiger partial charge in [-0.15, -0.1) is 0 Å². The fourth-order valence-electron chi connectivity index (χ4n) is 2.37. The van der Waals surface area contributed by atoms with Crippen molar-refractivity contribution in [2.24, 2.45) is 0 Å². The summed E-state index contributed by atoms with van der Waals surface area (Å²) in [5.74, 6) is -0.0561. The maximum Gasteiger partial charge on any atom is 0.287 e. The Balaban J connectivity index is 1.69. The van der Waals surface area contributed by atoms with Gasteiger partial charge in [-0.3, -0.25) is 14.2 Å². The van der Waals surface area contributed by atoms with Gasteiger partial charge in [0.2, 0.25) is 5.91 Å². The van der Waals surface area contributed by atoms with Gasteiger partial charge in [-0.2, -0.15) is 0 Å². The molecule has 0 aliphatic rings. The van der Waals surface area contributed by atoms with E-state index in [1.54, 1.807) is 12.4 Å². The molecule has 3 aromatic rings. The van der Waals surface area contributed by atoms with E-state index in [9.17, 15) is 9.59 Å². The minimum atomic E-state index is -0.232. The molecule has 1 aromatic heterocycles. The number of hydrogen-bond acceptors (Lipinski definition) is 4. The van der Waals surface area contributed by atoms with Crippen molar-refractivity contribution in [2.45, 2.75) is 18.9 Å². The fourth-order valence-corrected chi connectivity index (χ4v) is 3.07. The number of anilines is 1. The Hall–Kier alpha value is -2.86. The summed E-state index contributed by atoms with van der Waals surface area (Å²) in [5, 5.41) is 3.11. The smallest absolute Gasteiger partial charge is 0.287 e. The van der Waals surface area contributed by atoms with Gasteiger partial charge in [-0.05, 0) is 38.1 Å². The summed E-state index contributed by atoms with van der Waals surface area (Å²) >= 11 is 1.13. The zero-order valence-electron chi connectivity index (χ0n) is 14.6. The van der Waals surface area contributed by atoms with Crippen LogP contribution in [0.1, 0.15) is 11.1 Å². The minimum Gasteiger partial charge on any atom is -0.325 e. The monoisotopic (exact) mass is 365 g/mol. The van der Waals surface area contributed by atoms with Crippen LogP contribution in [0.4, 0.5) is 5.69 Å². The molecule has 1 N–H and O–H groups in total. The van der Waals surface area contributed by atoms with E-state index in [1.807, 2.05) is 62.4 Å². The normalized spacial score (nSPS) is 10.5. The predicted octanol–water partition coefficient (Wildman–Crippen LogP) is 3.58. The van der Waals surface area contributed by atoms with Crippen molar-refractivity contribution in [1.29, 1.82) is 0 Å². The Bertz CT molecular complexity index is 964. The van der Waals surface area contributed by atoms with E-state index in [4.69, 9.17) is 0 Å². The van der Waals surface area contributed by atoms with Gasteiger partial charge in [0.05, 0.1) is 5.75 Å². The molecule has 3 rings (SSSR count). The molecule has 0 aliphatic heterocycles. The molecule has 6 heteroatoms. The Morgan fingerprint density at radius 2 is 1.65 bits per heavy atom. The second-order valence-corrected chi connectivity index (χ2v) is 6.91. The molecule has 0 atom stereocenters. The van der Waals surface area contributed by atoms with E-state index in [1.165, 1.54) is 4.57 Å². The fraction of sp³-hybridized carbons (Fsp3) is 0.150. The van der Waals surface area contributed by atoms with Crippen LogP contribution in [0.3, 0.4) is 0 Å². The Morgan fingerprint density at radius 1 is 1.04 bits per heavy atom. The number of amides is 1. The van der Waals surface area contributed by atoms with Crippen molar-refractivity contribution >= 4 is 23.4 Å². The highest BCUT2D eigenvalue weighted by atomic mass is 32.2. The van der Waals surface area contributed by atoms with Crippen LogP contribution in [-0.2, 0) is 4.79 Å². The van der Waals surface area contributed by atoms with E-state index in [0.29, 0.717) is 5.03 Å². The molecule has 1 amide bonds. The first kappa shape index (κ1) is 17.9. The largest absolute Gasteiger partial charge is 0.325 e. The van der Waals surface area contributed by atoms with Gasteiger partial charge in [0.15, 0.2) is 5.03 Å². The number of aromatic nitrogens is 2. The van der Waals surface area contributed by atoms with Gasteiger partial charge in [0.25, 0.3) is 5.56 Å². The average molecular weight is 365 g/mol. The third-order valence-corrected chi connectivity index (χ3v) is 4.76. The standard InChI is InChI=1S/C20H19N3O2S/c1-14-3-7-16(8-4-14)22-18(24)13-26-19-20(25)23(12-11-21-19)17-9-5-15(2)6-10-17/h3-12H,13H2,1-2H3,(H,22,24). The highest BCUT2D eigenvalue weighted by Gasteiger charge is 2.10. The Labute approximate surface area is 156 Å². The topological polar surface area (TPSA) is 64.0 Å². The molecule has 0 aliphatic carbocycles. The molecule has 0 radical (unpaired) electrons. The van der Waals surface area contributed by atoms with Crippen LogP contribution in [0.15, 0.2) is 70.7 Å². The first-order chi connectivity index (χ1) is 12.5. The lowest BCUT2D eigenvalue weighted by molar-refractivity contribution is -0.113. The van der Waals surface area contributed by atoms with E-state index < -0.39 is 0 Å². The van der Waals surface area contributed by atoms with Crippen molar-refractivity contribution in [3.05, 3.63) is 82.4 Å². The van der Waals surface area contributed by atoms with Crippen LogP contribution in [0, 0.1) is 13.8 Å². The van der Waals surface area contributed by atoms with Gasteiger partial charge in [-0.1, -0.05) is 47.2 Å². The number of rotatable bonds is 5. The number of benzene rings is 2. The zero-order chi connectivity index (χ0) is 18.5. The van der Waals surface area contributed by atoms with Crippen LogP contribution in [0.5, 0.6) is 0 Å². The lowest BCUT2D eigenvalue weighted by Gasteiger charge is -2.08. The summed E-state index contributed by atoms with van der Waals surface area (Å²) in [5.41, 5.74) is 3.53. The molecular formula is C20H19N3O2S. The molecule has 5 nitrogen and oxygen atoms in total. The lowest BCUT2D eigenvalue weighted by atomic mass is 10.2. The van der Waals surface area contributed by atoms with Gasteiger partial charge < -0.3 is 5.32 Å². The summed E-state index contributed by atoms with van der Waals surface area (Å²) < 4.78 is 1.53. The highest BCUT2D eigenvalue weighted by Crippen LogP contribution is 2.14. The highest BCUT2D eigenvalue weighted by molar-refractivity contribution is 7.99. The molecule has 2 aromatic carbocycles. The molecule has 0 spiro atoms. The molecule has 0 saturated heterocycles. The van der Waals surface area contributed by atoms with Crippen molar-refractivity contribution in [2.75, 3.05) is 11.1 Å². The summed E-state index contributed by atoms with van der Waals surface area (Å²) in [4.78, 5) is 28.8. The van der Waals surface area contributed by atoms with Crippen LogP contribution >= 0.6 is 11.8 Å². The maximum atomic E-state index is 12.6. The number of hydrogen-bond donors (Lipinski definition) is 1. The molecular weight excluding hydrogens is 346 g/mol. The van der Waals surface area contributed by atoms with Gasteiger partial charge >= 0.3 is 0 Å². The van der Waals surface area contributed by atoms with E-state index in [-0.39, 0.29) is 17.2 Å². The minimum absolute atomic E-state index is 0.119. The zero-order valence-corrected chi connectivity index (χ0v) is 15.4. The number of nitrogens with zero attached hydrogens (tertiary/aromatic N) is 2. The summed E-state index contributed by atoms with van der Waals surface area (Å²) in [7, 11) is 0. The van der Waals surface area contributed by atoms with Crippen LogP contribution < -0.4 is 10.9 Å². The van der Waals surface area contributed by atoms with E-state index >= 15 is 0 Å². The second kappa shape index (κ2) is 8.01. The summed E-state index contributed by atoms with van der Waals surface area (Å²) in [6.07, 6.45) is 3.20. The Kier molecular flexibility index (Phi) is 5.53. The van der Waals surface area contributed by atoms with E-state index in [0.717, 1.165) is 34.3 Å². The summed E-state index contributed by atoms with van der Waals surface area (Å²) in [6, 6.07) is 15.2. The van der Waals surface area contributed by atoms with Crippen molar-refractivity contribution in [3.8, 4) is 5.69 Å². The quantitative estimate of drug-likeness (QED) is 0.702. The molecule has 0 fully saturated rings. The molecule has 0 bridgehead atoms. The van der Waals surface area contributed by atoms with Gasteiger partial charge in [-0.25, -0.2) is 4.98 Å². The number of aryl methyl sites for hydroxylation is 2. The summed E-state index contributed by atoms with van der Waals surface area (Å²) in [6.45, 7) is 3.98. The van der Waals surface area contributed by atoms with Crippen molar-refractivity contribution < 1.29 is 4.79 Å². The first-order valence-electron chi connectivity index (χ1n) is 8.17. The van der Waals surface area contributed by atoms with Crippen LogP contribution in [0.2, 0.25) is 0 Å². The van der Waals surface area contributed by atoms with Crippen molar-refractivity contribution in [1.82, 2.24) is 9.55 Å². The van der Waals surface area contributed by atoms with Crippen LogP contribution in [0.25, 0.3) is 5.69 Å². The number of nitrogens with one attached hydrogen (secondary N) is 1. The molecule has 132 valence electrons. The third-order valence-electron chi connectivity index (χ3n) is 3.80. The second-order valence-electron chi connectivity index (χ2n) is 5.95. The number of carbonyl (C=O) groups excluding carboxylic acids is 1. The van der Waals surface area contributed by atoms with Crippen molar-refractivity contribution in [3.63, 3.8) is 0 Å². The van der Waals surface area contributed by atoms with E-state index in [2.05, 4.69) is 10.3 Å². The number of carbonyl (C=O) groups is 1.